The molecule has 0 aromatic heterocycles. The number of hydrogen-bond donors (Lipinski definition) is 1. The maximum absolute atomic E-state index is 12.9. The number of nitrogens with one attached hydrogen (secondary N) is 1. The van der Waals surface area contributed by atoms with Crippen molar-refractivity contribution in [3.63, 3.8) is 0 Å². The summed E-state index contributed by atoms with van der Waals surface area (Å²) < 4.78 is 34.4. The quantitative estimate of drug-likeness (QED) is 0.867. The smallest absolute Gasteiger partial charge is 0.395 e. The standard InChI is InChI=1S/C14H7Cl2F2NO3/c15-8-2-1-3-9(16)12(8)13(20)19-7-4-5-10-11(6-7)22-14(17,18)21-10/h1-6H,(H,19,20). The van der Waals surface area contributed by atoms with E-state index in [-0.39, 0.29) is 32.8 Å². The third-order valence-electron chi connectivity index (χ3n) is 2.85. The van der Waals surface area contributed by atoms with Crippen molar-refractivity contribution in [1.82, 2.24) is 0 Å². The molecule has 0 aliphatic carbocycles. The first-order valence-corrected chi connectivity index (χ1v) is 6.76. The van der Waals surface area contributed by atoms with Crippen LogP contribution in [-0.4, -0.2) is 12.2 Å². The number of carbonyl (C=O) groups excluding carboxylic acids is 1. The second kappa shape index (κ2) is 5.30. The molecule has 1 aliphatic heterocycles. The average Bonchev–Trinajstić information content (AvgIpc) is 2.71. The lowest BCUT2D eigenvalue weighted by atomic mass is 10.2. The van der Waals surface area contributed by atoms with Crippen LogP contribution in [0.25, 0.3) is 0 Å². The van der Waals surface area contributed by atoms with Crippen molar-refractivity contribution in [3.05, 3.63) is 52.0 Å². The summed E-state index contributed by atoms with van der Waals surface area (Å²) in [6, 6.07) is 8.51. The molecule has 0 atom stereocenters. The zero-order chi connectivity index (χ0) is 15.9. The fourth-order valence-corrected chi connectivity index (χ4v) is 2.50. The Bertz CT molecular complexity index is 747. The highest BCUT2D eigenvalue weighted by atomic mass is 35.5. The van der Waals surface area contributed by atoms with Crippen LogP contribution >= 0.6 is 23.2 Å². The first kappa shape index (κ1) is 14.9. The third-order valence-corrected chi connectivity index (χ3v) is 3.48. The number of halogens is 4. The molecule has 1 heterocycles. The summed E-state index contributed by atoms with van der Waals surface area (Å²) in [4.78, 5) is 12.2. The lowest BCUT2D eigenvalue weighted by Gasteiger charge is -2.08. The highest BCUT2D eigenvalue weighted by Gasteiger charge is 2.43. The normalized spacial score (nSPS) is 14.7. The Morgan fingerprint density at radius 1 is 1.05 bits per heavy atom. The zero-order valence-corrected chi connectivity index (χ0v) is 12.2. The zero-order valence-electron chi connectivity index (χ0n) is 10.7. The minimum absolute atomic E-state index is 0.0915. The number of fused-ring (bicyclic) bond motifs is 1. The highest BCUT2D eigenvalue weighted by Crippen LogP contribution is 2.42. The number of benzene rings is 2. The molecule has 8 heteroatoms. The minimum Gasteiger partial charge on any atom is -0.395 e. The van der Waals surface area contributed by atoms with Crippen LogP contribution in [0.5, 0.6) is 11.5 Å². The predicted octanol–water partition coefficient (Wildman–Crippen LogP) is 4.57. The summed E-state index contributed by atoms with van der Waals surface area (Å²) in [5, 5.41) is 2.86. The van der Waals surface area contributed by atoms with Crippen molar-refractivity contribution in [3.8, 4) is 11.5 Å². The van der Waals surface area contributed by atoms with Crippen LogP contribution in [0.4, 0.5) is 14.5 Å². The van der Waals surface area contributed by atoms with Gasteiger partial charge in [-0.25, -0.2) is 0 Å². The predicted molar refractivity (Wildman–Crippen MR) is 77.1 cm³/mol. The Morgan fingerprint density at radius 2 is 1.68 bits per heavy atom. The molecule has 0 saturated carbocycles. The van der Waals surface area contributed by atoms with Crippen molar-refractivity contribution in [1.29, 1.82) is 0 Å². The van der Waals surface area contributed by atoms with Gasteiger partial charge in [0.2, 0.25) is 0 Å². The molecule has 0 spiro atoms. The molecule has 0 unspecified atom stereocenters. The van der Waals surface area contributed by atoms with Gasteiger partial charge in [-0.15, -0.1) is 8.78 Å². The Morgan fingerprint density at radius 3 is 2.36 bits per heavy atom. The van der Waals surface area contributed by atoms with Gasteiger partial charge < -0.3 is 14.8 Å². The average molecular weight is 346 g/mol. The van der Waals surface area contributed by atoms with E-state index in [9.17, 15) is 13.6 Å². The SMILES string of the molecule is O=C(Nc1ccc2c(c1)OC(F)(F)O2)c1c(Cl)cccc1Cl. The van der Waals surface area contributed by atoms with E-state index in [4.69, 9.17) is 23.2 Å². The number of anilines is 1. The van der Waals surface area contributed by atoms with Crippen molar-refractivity contribution in [2.75, 3.05) is 5.32 Å². The van der Waals surface area contributed by atoms with E-state index in [2.05, 4.69) is 14.8 Å². The summed E-state index contributed by atoms with van der Waals surface area (Å²) >= 11 is 11.9. The molecule has 1 amide bonds. The molecule has 0 fully saturated rings. The molecule has 0 saturated heterocycles. The number of carbonyl (C=O) groups is 1. The monoisotopic (exact) mass is 345 g/mol. The number of hydrogen-bond acceptors (Lipinski definition) is 3. The molecule has 2 aromatic carbocycles. The Kier molecular flexibility index (Phi) is 3.58. The summed E-state index contributed by atoms with van der Waals surface area (Å²) in [5.41, 5.74) is 0.329. The molecule has 114 valence electrons. The lowest BCUT2D eigenvalue weighted by molar-refractivity contribution is -0.286. The number of alkyl halides is 2. The molecular weight excluding hydrogens is 339 g/mol. The molecule has 0 radical (unpaired) electrons. The Labute approximate surface area is 133 Å². The Balaban J connectivity index is 1.85. The van der Waals surface area contributed by atoms with Crippen LogP contribution in [0, 0.1) is 0 Å². The van der Waals surface area contributed by atoms with Gasteiger partial charge in [0.05, 0.1) is 15.6 Å². The van der Waals surface area contributed by atoms with Gasteiger partial charge in [-0.2, -0.15) is 0 Å². The van der Waals surface area contributed by atoms with E-state index in [0.29, 0.717) is 0 Å². The second-order valence-electron chi connectivity index (χ2n) is 4.38. The summed E-state index contributed by atoms with van der Waals surface area (Å²) in [7, 11) is 0. The van der Waals surface area contributed by atoms with Crippen LogP contribution in [0.15, 0.2) is 36.4 Å². The van der Waals surface area contributed by atoms with E-state index >= 15 is 0 Å². The van der Waals surface area contributed by atoms with Crippen LogP contribution in [0.1, 0.15) is 10.4 Å². The van der Waals surface area contributed by atoms with Gasteiger partial charge in [-0.05, 0) is 24.3 Å². The van der Waals surface area contributed by atoms with Crippen molar-refractivity contribution < 1.29 is 23.0 Å². The fourth-order valence-electron chi connectivity index (χ4n) is 1.94. The van der Waals surface area contributed by atoms with Crippen LogP contribution in [-0.2, 0) is 0 Å². The van der Waals surface area contributed by atoms with Gasteiger partial charge in [0, 0.05) is 11.8 Å². The first-order chi connectivity index (χ1) is 10.4. The van der Waals surface area contributed by atoms with Crippen LogP contribution in [0.3, 0.4) is 0 Å². The van der Waals surface area contributed by atoms with E-state index in [1.807, 2.05) is 0 Å². The summed E-state index contributed by atoms with van der Waals surface area (Å²) in [5.74, 6) is -0.854. The summed E-state index contributed by atoms with van der Waals surface area (Å²) in [6.07, 6.45) is -3.71. The maximum atomic E-state index is 12.9. The van der Waals surface area contributed by atoms with Crippen LogP contribution in [0.2, 0.25) is 10.0 Å². The van der Waals surface area contributed by atoms with Crippen molar-refractivity contribution in [2.24, 2.45) is 0 Å². The van der Waals surface area contributed by atoms with Gasteiger partial charge in [0.15, 0.2) is 11.5 Å². The lowest BCUT2D eigenvalue weighted by Crippen LogP contribution is -2.25. The van der Waals surface area contributed by atoms with Crippen molar-refractivity contribution >= 4 is 34.8 Å². The maximum Gasteiger partial charge on any atom is 0.586 e. The first-order valence-electron chi connectivity index (χ1n) is 6.01. The van der Waals surface area contributed by atoms with E-state index in [1.54, 1.807) is 6.07 Å². The molecule has 1 aliphatic rings. The molecule has 0 bridgehead atoms. The molecule has 2 aromatic rings. The van der Waals surface area contributed by atoms with Gasteiger partial charge in [0.1, 0.15) is 0 Å². The molecule has 4 nitrogen and oxygen atoms in total. The van der Waals surface area contributed by atoms with E-state index < -0.39 is 12.2 Å². The second-order valence-corrected chi connectivity index (χ2v) is 5.19. The van der Waals surface area contributed by atoms with Gasteiger partial charge >= 0.3 is 6.29 Å². The number of rotatable bonds is 2. The van der Waals surface area contributed by atoms with Gasteiger partial charge in [0.25, 0.3) is 5.91 Å². The Hall–Kier alpha value is -2.05. The molecular formula is C14H7Cl2F2NO3. The van der Waals surface area contributed by atoms with Gasteiger partial charge in [-0.3, -0.25) is 4.79 Å². The van der Waals surface area contributed by atoms with E-state index in [1.165, 1.54) is 30.3 Å². The molecule has 1 N–H and O–H groups in total. The third kappa shape index (κ3) is 2.80. The fraction of sp³-hybridized carbons (Fsp3) is 0.0714. The van der Waals surface area contributed by atoms with Gasteiger partial charge in [-0.1, -0.05) is 29.3 Å². The highest BCUT2D eigenvalue weighted by molar-refractivity contribution is 6.40. The van der Waals surface area contributed by atoms with Crippen LogP contribution < -0.4 is 14.8 Å². The minimum atomic E-state index is -3.71. The topological polar surface area (TPSA) is 47.6 Å². The largest absolute Gasteiger partial charge is 0.586 e. The van der Waals surface area contributed by atoms with E-state index in [0.717, 1.165) is 0 Å². The summed E-state index contributed by atoms with van der Waals surface area (Å²) in [6.45, 7) is 0. The molecule has 3 rings (SSSR count). The molecule has 22 heavy (non-hydrogen) atoms. The van der Waals surface area contributed by atoms with Crippen molar-refractivity contribution in [2.45, 2.75) is 6.29 Å². The number of ether oxygens (including phenoxy) is 2. The number of amides is 1.